The third-order valence-electron chi connectivity index (χ3n) is 3.64. The predicted octanol–water partition coefficient (Wildman–Crippen LogP) is 2.66. The van der Waals surface area contributed by atoms with Gasteiger partial charge in [0.25, 0.3) is 0 Å². The Morgan fingerprint density at radius 2 is 2.00 bits per heavy atom. The summed E-state index contributed by atoms with van der Waals surface area (Å²) in [5, 5.41) is 14.5. The number of carboxylic acids is 1. The summed E-state index contributed by atoms with van der Waals surface area (Å²) in [5.41, 5.74) is 1.90. The second-order valence-electron chi connectivity index (χ2n) is 6.30. The van der Waals surface area contributed by atoms with Crippen LogP contribution < -0.4 is 5.32 Å². The Kier molecular flexibility index (Phi) is 6.27. The lowest BCUT2D eigenvalue weighted by atomic mass is 9.98. The van der Waals surface area contributed by atoms with Crippen molar-refractivity contribution >= 4 is 23.2 Å². The number of amides is 1. The molecule has 1 atom stereocenters. The van der Waals surface area contributed by atoms with Crippen LogP contribution in [0.3, 0.4) is 0 Å². The summed E-state index contributed by atoms with van der Waals surface area (Å²) < 4.78 is 5.04. The number of thiazole rings is 1. The van der Waals surface area contributed by atoms with E-state index in [1.165, 1.54) is 24.0 Å². The van der Waals surface area contributed by atoms with Crippen LogP contribution in [0.1, 0.15) is 24.6 Å². The van der Waals surface area contributed by atoms with E-state index in [2.05, 4.69) is 10.3 Å². The number of carbonyl (C=O) groups excluding carboxylic acids is 1. The van der Waals surface area contributed by atoms with Gasteiger partial charge in [0.1, 0.15) is 5.01 Å². The highest BCUT2D eigenvalue weighted by Gasteiger charge is 2.29. The number of rotatable bonds is 8. The molecule has 2 rings (SSSR count). The molecule has 1 aromatic heterocycles. The average molecular weight is 362 g/mol. The SMILES string of the molecule is COCC(C)(CC(=O)O)NC(=O)Cc1csc(-c2ccc(C)cc2)n1. The summed E-state index contributed by atoms with van der Waals surface area (Å²) >= 11 is 1.48. The smallest absolute Gasteiger partial charge is 0.305 e. The second kappa shape index (κ2) is 8.22. The molecule has 0 spiro atoms. The normalized spacial score (nSPS) is 13.2. The Hall–Kier alpha value is -2.25. The number of aromatic nitrogens is 1. The average Bonchev–Trinajstić information content (AvgIpc) is 2.95. The quantitative estimate of drug-likeness (QED) is 0.754. The molecule has 1 unspecified atom stereocenters. The number of nitrogens with one attached hydrogen (secondary N) is 1. The fourth-order valence-electron chi connectivity index (χ4n) is 2.55. The van der Waals surface area contributed by atoms with Crippen molar-refractivity contribution in [2.24, 2.45) is 0 Å². The number of carbonyl (C=O) groups is 2. The maximum Gasteiger partial charge on any atom is 0.305 e. The van der Waals surface area contributed by atoms with Crippen LogP contribution >= 0.6 is 11.3 Å². The van der Waals surface area contributed by atoms with E-state index in [9.17, 15) is 9.59 Å². The lowest BCUT2D eigenvalue weighted by Gasteiger charge is -2.28. The van der Waals surface area contributed by atoms with E-state index in [1.54, 1.807) is 6.92 Å². The highest BCUT2D eigenvalue weighted by molar-refractivity contribution is 7.13. The third-order valence-corrected chi connectivity index (χ3v) is 4.58. The summed E-state index contributed by atoms with van der Waals surface area (Å²) in [6, 6.07) is 8.04. The first-order valence-electron chi connectivity index (χ1n) is 7.84. The number of carboxylic acid groups (broad SMARTS) is 1. The molecular weight excluding hydrogens is 340 g/mol. The minimum atomic E-state index is -0.991. The van der Waals surface area contributed by atoms with Gasteiger partial charge >= 0.3 is 5.97 Å². The molecule has 25 heavy (non-hydrogen) atoms. The van der Waals surface area contributed by atoms with Gasteiger partial charge in [-0.2, -0.15) is 0 Å². The van der Waals surface area contributed by atoms with E-state index in [4.69, 9.17) is 9.84 Å². The molecule has 0 saturated carbocycles. The first-order valence-corrected chi connectivity index (χ1v) is 8.72. The van der Waals surface area contributed by atoms with Gasteiger partial charge in [-0.05, 0) is 13.8 Å². The number of hydrogen-bond acceptors (Lipinski definition) is 5. The molecule has 0 bridgehead atoms. The van der Waals surface area contributed by atoms with Crippen LogP contribution in [0, 0.1) is 6.92 Å². The minimum absolute atomic E-state index is 0.0985. The molecule has 0 aliphatic rings. The molecule has 134 valence electrons. The lowest BCUT2D eigenvalue weighted by molar-refractivity contribution is -0.139. The maximum atomic E-state index is 12.3. The third kappa shape index (κ3) is 5.65. The van der Waals surface area contributed by atoms with Crippen LogP contribution in [0.25, 0.3) is 10.6 Å². The Balaban J connectivity index is 2.03. The summed E-state index contributed by atoms with van der Waals surface area (Å²) in [4.78, 5) is 27.8. The van der Waals surface area contributed by atoms with E-state index < -0.39 is 11.5 Å². The molecule has 2 aromatic rings. The molecule has 2 N–H and O–H groups in total. The molecule has 0 aliphatic heterocycles. The zero-order valence-corrected chi connectivity index (χ0v) is 15.4. The van der Waals surface area contributed by atoms with E-state index in [-0.39, 0.29) is 25.4 Å². The Labute approximate surface area is 150 Å². The van der Waals surface area contributed by atoms with Crippen molar-refractivity contribution in [2.45, 2.75) is 32.2 Å². The molecule has 0 aliphatic carbocycles. The number of aryl methyl sites for hydroxylation is 1. The van der Waals surface area contributed by atoms with Crippen LogP contribution in [0.15, 0.2) is 29.6 Å². The van der Waals surface area contributed by atoms with Gasteiger partial charge in [0, 0.05) is 18.1 Å². The summed E-state index contributed by atoms with van der Waals surface area (Å²) in [7, 11) is 1.47. The zero-order chi connectivity index (χ0) is 18.4. The first-order chi connectivity index (χ1) is 11.8. The van der Waals surface area contributed by atoms with Crippen molar-refractivity contribution in [3.8, 4) is 10.6 Å². The van der Waals surface area contributed by atoms with Gasteiger partial charge in [-0.15, -0.1) is 11.3 Å². The first kappa shape index (κ1) is 19.1. The summed E-state index contributed by atoms with van der Waals surface area (Å²) in [6.07, 6.45) is -0.112. The van der Waals surface area contributed by atoms with Crippen molar-refractivity contribution in [1.29, 1.82) is 0 Å². The van der Waals surface area contributed by atoms with Crippen LogP contribution in [0.2, 0.25) is 0 Å². The number of nitrogens with zero attached hydrogens (tertiary/aromatic N) is 1. The van der Waals surface area contributed by atoms with Gasteiger partial charge in [0.2, 0.25) is 5.91 Å². The highest BCUT2D eigenvalue weighted by atomic mass is 32.1. The molecule has 6 nitrogen and oxygen atoms in total. The number of benzene rings is 1. The molecule has 0 fully saturated rings. The van der Waals surface area contributed by atoms with Crippen molar-refractivity contribution in [3.63, 3.8) is 0 Å². The van der Waals surface area contributed by atoms with Gasteiger partial charge in [-0.1, -0.05) is 29.8 Å². The molecule has 7 heteroatoms. The number of methoxy groups -OCH3 is 1. The highest BCUT2D eigenvalue weighted by Crippen LogP contribution is 2.24. The van der Waals surface area contributed by atoms with Gasteiger partial charge in [0.15, 0.2) is 0 Å². The number of ether oxygens (including phenoxy) is 1. The van der Waals surface area contributed by atoms with Gasteiger partial charge < -0.3 is 15.2 Å². The molecular formula is C18H22N2O4S. The predicted molar refractivity (Wildman–Crippen MR) is 96.7 cm³/mol. The van der Waals surface area contributed by atoms with Crippen molar-refractivity contribution in [1.82, 2.24) is 10.3 Å². The monoisotopic (exact) mass is 362 g/mol. The standard InChI is InChI=1S/C18H22N2O4S/c1-12-4-6-13(7-5-12)17-19-14(10-25-17)8-15(21)20-18(2,11-24-3)9-16(22)23/h4-7,10H,8-9,11H2,1-3H3,(H,20,21)(H,22,23). The fraction of sp³-hybridized carbons (Fsp3) is 0.389. The van der Waals surface area contributed by atoms with E-state index in [0.717, 1.165) is 10.6 Å². The van der Waals surface area contributed by atoms with Crippen molar-refractivity contribution < 1.29 is 19.4 Å². The molecule has 0 radical (unpaired) electrons. The largest absolute Gasteiger partial charge is 0.481 e. The van der Waals surface area contributed by atoms with E-state index in [1.807, 2.05) is 36.6 Å². The lowest BCUT2D eigenvalue weighted by Crippen LogP contribution is -2.51. The van der Waals surface area contributed by atoms with Crippen LogP contribution in [-0.2, 0) is 20.7 Å². The van der Waals surface area contributed by atoms with Crippen LogP contribution in [0.5, 0.6) is 0 Å². The van der Waals surface area contributed by atoms with Gasteiger partial charge in [-0.25, -0.2) is 4.98 Å². The van der Waals surface area contributed by atoms with E-state index >= 15 is 0 Å². The second-order valence-corrected chi connectivity index (χ2v) is 7.16. The van der Waals surface area contributed by atoms with Crippen LogP contribution in [-0.4, -0.2) is 41.2 Å². The minimum Gasteiger partial charge on any atom is -0.481 e. The van der Waals surface area contributed by atoms with Crippen LogP contribution in [0.4, 0.5) is 0 Å². The maximum absolute atomic E-state index is 12.3. The van der Waals surface area contributed by atoms with Crippen molar-refractivity contribution in [2.75, 3.05) is 13.7 Å². The Bertz CT molecular complexity index is 742. The Morgan fingerprint density at radius 1 is 1.32 bits per heavy atom. The molecule has 1 heterocycles. The number of aliphatic carboxylic acids is 1. The van der Waals surface area contributed by atoms with Gasteiger partial charge in [-0.3, -0.25) is 9.59 Å². The summed E-state index contributed by atoms with van der Waals surface area (Å²) in [5.74, 6) is -1.27. The number of hydrogen-bond donors (Lipinski definition) is 2. The fourth-order valence-corrected chi connectivity index (χ4v) is 3.37. The molecule has 1 amide bonds. The van der Waals surface area contributed by atoms with Crippen molar-refractivity contribution in [3.05, 3.63) is 40.9 Å². The topological polar surface area (TPSA) is 88.5 Å². The molecule has 1 aromatic carbocycles. The van der Waals surface area contributed by atoms with E-state index in [0.29, 0.717) is 5.69 Å². The zero-order valence-electron chi connectivity index (χ0n) is 14.5. The molecule has 0 saturated heterocycles. The Morgan fingerprint density at radius 3 is 2.60 bits per heavy atom. The van der Waals surface area contributed by atoms with Gasteiger partial charge in [0.05, 0.1) is 30.7 Å². The summed E-state index contributed by atoms with van der Waals surface area (Å²) in [6.45, 7) is 3.80.